The Morgan fingerprint density at radius 3 is 2.40 bits per heavy atom. The van der Waals surface area contributed by atoms with Crippen LogP contribution in [0, 0.1) is 5.95 Å². The Balaban J connectivity index is 3.40. The highest BCUT2D eigenvalue weighted by Gasteiger charge is 2.40. The smallest absolute Gasteiger partial charge is 0.312 e. The molecule has 0 aliphatic heterocycles. The number of anilines is 1. The van der Waals surface area contributed by atoms with Crippen LogP contribution < -0.4 is 4.90 Å². The van der Waals surface area contributed by atoms with E-state index in [1.165, 1.54) is 0 Å². The largest absolute Gasteiger partial charge is 0.437 e. The molecule has 0 unspecified atom stereocenters. The molecule has 1 amide bonds. The number of alkyl halides is 3. The average molecular weight is 225 g/mol. The van der Waals surface area contributed by atoms with Crippen molar-refractivity contribution in [3.63, 3.8) is 0 Å². The van der Waals surface area contributed by atoms with Gasteiger partial charge in [0.1, 0.15) is 5.69 Å². The lowest BCUT2D eigenvalue weighted by atomic mass is 10.3. The first-order valence-electron chi connectivity index (χ1n) is 3.77. The van der Waals surface area contributed by atoms with Gasteiger partial charge in [0.25, 0.3) is 0 Å². The number of hydrogen-bond acceptors (Lipinski definition) is 2. The summed E-state index contributed by atoms with van der Waals surface area (Å²) >= 11 is 0. The Labute approximate surface area is 82.1 Å². The molecule has 0 bridgehead atoms. The Hall–Kier alpha value is -1.60. The normalized spacial score (nSPS) is 11.6. The van der Waals surface area contributed by atoms with Crippen LogP contribution in [0.1, 0.15) is 5.69 Å². The molecule has 0 saturated carbocycles. The van der Waals surface area contributed by atoms with Crippen molar-refractivity contribution in [2.75, 3.05) is 11.9 Å². The molecule has 0 saturated heterocycles. The van der Waals surface area contributed by atoms with Gasteiger partial charge < -0.3 is 4.90 Å². The quantitative estimate of drug-likeness (QED) is 0.559. The minimum Gasteiger partial charge on any atom is -0.312 e. The maximum Gasteiger partial charge on any atom is 0.437 e. The minimum absolute atomic E-state index is 0.0787. The fourth-order valence-corrected chi connectivity index (χ4v) is 1.05. The summed E-state index contributed by atoms with van der Waals surface area (Å²) in [6.07, 6.45) is -4.72. The van der Waals surface area contributed by atoms with E-state index in [2.05, 4.69) is 5.10 Å². The van der Waals surface area contributed by atoms with Crippen molar-refractivity contribution in [3.8, 4) is 0 Å². The summed E-state index contributed by atoms with van der Waals surface area (Å²) in [5.41, 5.74) is -2.29. The Morgan fingerprint density at radius 2 is 2.00 bits per heavy atom. The molecule has 0 aliphatic carbocycles. The van der Waals surface area contributed by atoms with Crippen LogP contribution in [0.3, 0.4) is 0 Å². The van der Waals surface area contributed by atoms with E-state index in [1.54, 1.807) is 0 Å². The van der Waals surface area contributed by atoms with Gasteiger partial charge in [0, 0.05) is 14.1 Å². The second-order valence-electron chi connectivity index (χ2n) is 2.83. The van der Waals surface area contributed by atoms with Crippen LogP contribution in [0.5, 0.6) is 0 Å². The first-order chi connectivity index (χ1) is 6.79. The summed E-state index contributed by atoms with van der Waals surface area (Å²) in [7, 11) is 2.04. The van der Waals surface area contributed by atoms with Gasteiger partial charge in [-0.3, -0.25) is 4.79 Å². The summed E-state index contributed by atoms with van der Waals surface area (Å²) in [6.45, 7) is 0. The number of hydrogen-bond donors (Lipinski definition) is 0. The third-order valence-electron chi connectivity index (χ3n) is 1.73. The molecule has 8 heteroatoms. The van der Waals surface area contributed by atoms with Crippen molar-refractivity contribution < 1.29 is 22.4 Å². The van der Waals surface area contributed by atoms with Gasteiger partial charge in [0.05, 0.1) is 0 Å². The van der Waals surface area contributed by atoms with E-state index in [4.69, 9.17) is 0 Å². The second kappa shape index (κ2) is 3.52. The van der Waals surface area contributed by atoms with Crippen LogP contribution in [-0.2, 0) is 18.0 Å². The Bertz CT molecular complexity index is 384. The van der Waals surface area contributed by atoms with E-state index in [9.17, 15) is 22.4 Å². The lowest BCUT2D eigenvalue weighted by Crippen LogP contribution is -2.19. The van der Waals surface area contributed by atoms with Crippen LogP contribution in [0.25, 0.3) is 0 Å². The average Bonchev–Trinajstić information content (AvgIpc) is 2.42. The third kappa shape index (κ3) is 1.92. The van der Waals surface area contributed by atoms with E-state index >= 15 is 0 Å². The summed E-state index contributed by atoms with van der Waals surface area (Å²) < 4.78 is 50.7. The predicted molar refractivity (Wildman–Crippen MR) is 42.6 cm³/mol. The maximum absolute atomic E-state index is 13.2. The standard InChI is InChI=1S/C7H7F4N3O/c1-13(3-15)4-5(7(9,10)11)12-14(2)6(4)8/h3H,1-2H3. The molecule has 0 radical (unpaired) electrons. The molecule has 4 nitrogen and oxygen atoms in total. The molecule has 84 valence electrons. The molecule has 1 heterocycles. The molecular weight excluding hydrogens is 218 g/mol. The maximum atomic E-state index is 13.2. The molecule has 0 spiro atoms. The van der Waals surface area contributed by atoms with E-state index < -0.39 is 23.5 Å². The topological polar surface area (TPSA) is 38.1 Å². The summed E-state index contributed by atoms with van der Waals surface area (Å²) in [6, 6.07) is 0. The molecule has 0 atom stereocenters. The summed E-state index contributed by atoms with van der Waals surface area (Å²) in [5, 5.41) is 2.97. The number of aryl methyl sites for hydroxylation is 1. The van der Waals surface area contributed by atoms with Crippen molar-refractivity contribution in [2.45, 2.75) is 6.18 Å². The number of carbonyl (C=O) groups is 1. The summed E-state index contributed by atoms with van der Waals surface area (Å²) in [4.78, 5) is 10.8. The van der Waals surface area contributed by atoms with Gasteiger partial charge in [-0.2, -0.15) is 22.7 Å². The fraction of sp³-hybridized carbons (Fsp3) is 0.429. The fourth-order valence-electron chi connectivity index (χ4n) is 1.05. The van der Waals surface area contributed by atoms with Crippen molar-refractivity contribution >= 4 is 12.1 Å². The number of aromatic nitrogens is 2. The van der Waals surface area contributed by atoms with Gasteiger partial charge in [-0.15, -0.1) is 0 Å². The van der Waals surface area contributed by atoms with E-state index in [1.807, 2.05) is 0 Å². The number of carbonyl (C=O) groups excluding carboxylic acids is 1. The minimum atomic E-state index is -4.80. The highest BCUT2D eigenvalue weighted by atomic mass is 19.4. The van der Waals surface area contributed by atoms with Crippen molar-refractivity contribution in [1.82, 2.24) is 9.78 Å². The van der Waals surface area contributed by atoms with E-state index in [-0.39, 0.29) is 6.41 Å². The molecule has 1 rings (SSSR count). The van der Waals surface area contributed by atoms with Crippen LogP contribution in [0.2, 0.25) is 0 Å². The second-order valence-corrected chi connectivity index (χ2v) is 2.83. The molecule has 0 fully saturated rings. The number of nitrogens with zero attached hydrogens (tertiary/aromatic N) is 3. The molecule has 0 N–H and O–H groups in total. The first kappa shape index (κ1) is 11.5. The van der Waals surface area contributed by atoms with Gasteiger partial charge in [-0.05, 0) is 0 Å². The van der Waals surface area contributed by atoms with Crippen molar-refractivity contribution in [2.24, 2.45) is 7.05 Å². The first-order valence-corrected chi connectivity index (χ1v) is 3.77. The zero-order valence-electron chi connectivity index (χ0n) is 7.84. The molecule has 1 aromatic heterocycles. The number of amides is 1. The van der Waals surface area contributed by atoms with Crippen molar-refractivity contribution in [1.29, 1.82) is 0 Å². The Kier molecular flexibility index (Phi) is 2.69. The van der Waals surface area contributed by atoms with E-state index in [0.717, 1.165) is 14.1 Å². The lowest BCUT2D eigenvalue weighted by molar-refractivity contribution is -0.141. The SMILES string of the molecule is CN(C=O)c1c(C(F)(F)F)nn(C)c1F. The molecule has 0 aromatic carbocycles. The van der Waals surface area contributed by atoms with E-state index in [0.29, 0.717) is 9.58 Å². The van der Waals surface area contributed by atoms with Crippen LogP contribution >= 0.6 is 0 Å². The monoisotopic (exact) mass is 225 g/mol. The van der Waals surface area contributed by atoms with Gasteiger partial charge in [-0.1, -0.05) is 0 Å². The van der Waals surface area contributed by atoms with Crippen LogP contribution in [0.15, 0.2) is 0 Å². The highest BCUT2D eigenvalue weighted by molar-refractivity contribution is 5.75. The van der Waals surface area contributed by atoms with Gasteiger partial charge in [-0.25, -0.2) is 4.68 Å². The van der Waals surface area contributed by atoms with Gasteiger partial charge in [0.15, 0.2) is 5.69 Å². The van der Waals surface area contributed by atoms with Gasteiger partial charge >= 0.3 is 6.18 Å². The Morgan fingerprint density at radius 1 is 1.47 bits per heavy atom. The summed E-state index contributed by atoms with van der Waals surface area (Å²) in [5.74, 6) is -1.21. The molecular formula is C7H7F4N3O. The predicted octanol–water partition coefficient (Wildman–Crippen LogP) is 1.17. The molecule has 15 heavy (non-hydrogen) atoms. The third-order valence-corrected chi connectivity index (χ3v) is 1.73. The zero-order valence-corrected chi connectivity index (χ0v) is 7.84. The zero-order chi connectivity index (χ0) is 11.8. The highest BCUT2D eigenvalue weighted by Crippen LogP contribution is 2.36. The number of rotatable bonds is 2. The van der Waals surface area contributed by atoms with Gasteiger partial charge in [0.2, 0.25) is 12.4 Å². The van der Waals surface area contributed by atoms with Crippen LogP contribution in [-0.4, -0.2) is 23.2 Å². The molecule has 1 aromatic rings. The number of halogens is 4. The van der Waals surface area contributed by atoms with Crippen LogP contribution in [0.4, 0.5) is 23.2 Å². The lowest BCUT2D eigenvalue weighted by Gasteiger charge is -2.11. The molecule has 0 aliphatic rings. The van der Waals surface area contributed by atoms with Crippen molar-refractivity contribution in [3.05, 3.63) is 11.6 Å².